The number of carbonyl (C=O) groups is 2. The third kappa shape index (κ3) is 5.37. The van der Waals surface area contributed by atoms with Crippen molar-refractivity contribution in [3.05, 3.63) is 106 Å². The number of hydrogen-bond acceptors (Lipinski definition) is 8. The van der Waals surface area contributed by atoms with Crippen LogP contribution >= 0.6 is 11.3 Å². The second kappa shape index (κ2) is 10.5. The van der Waals surface area contributed by atoms with E-state index in [2.05, 4.69) is 15.3 Å². The van der Waals surface area contributed by atoms with E-state index in [0.29, 0.717) is 33.4 Å². The van der Waals surface area contributed by atoms with Crippen LogP contribution in [0.15, 0.2) is 84.2 Å². The highest BCUT2D eigenvalue weighted by atomic mass is 32.1. The van der Waals surface area contributed by atoms with Crippen molar-refractivity contribution in [1.82, 2.24) is 9.97 Å². The van der Waals surface area contributed by atoms with Crippen LogP contribution in [0.4, 0.5) is 15.2 Å². The Bertz CT molecular complexity index is 1690. The molecule has 0 atom stereocenters. The highest BCUT2D eigenvalue weighted by Crippen LogP contribution is 2.28. The van der Waals surface area contributed by atoms with Crippen LogP contribution in [0, 0.1) is 15.9 Å². The molecular weight excluding hydrogens is 511 g/mol. The molecule has 0 aliphatic carbocycles. The van der Waals surface area contributed by atoms with Crippen LogP contribution in [-0.2, 0) is 9.53 Å². The van der Waals surface area contributed by atoms with Crippen LogP contribution in [0.2, 0.25) is 0 Å². The molecule has 0 saturated heterocycles. The van der Waals surface area contributed by atoms with Gasteiger partial charge in [0.1, 0.15) is 5.82 Å². The zero-order valence-corrected chi connectivity index (χ0v) is 20.3. The summed E-state index contributed by atoms with van der Waals surface area (Å²) in [6.45, 7) is -0.562. The van der Waals surface area contributed by atoms with E-state index >= 15 is 0 Å². The number of nitro groups is 1. The number of esters is 1. The van der Waals surface area contributed by atoms with Crippen molar-refractivity contribution in [2.24, 2.45) is 0 Å². The van der Waals surface area contributed by atoms with Gasteiger partial charge in [-0.1, -0.05) is 30.3 Å². The van der Waals surface area contributed by atoms with Crippen molar-refractivity contribution in [2.75, 3.05) is 11.9 Å². The number of pyridine rings is 1. The maximum absolute atomic E-state index is 13.4. The summed E-state index contributed by atoms with van der Waals surface area (Å²) in [5.41, 5.74) is 2.75. The first-order valence-electron chi connectivity index (χ1n) is 11.2. The van der Waals surface area contributed by atoms with Gasteiger partial charge in [-0.3, -0.25) is 20.2 Å². The fraction of sp³-hybridized carbons (Fsp3) is 0.0370. The number of hydrogen-bond donors (Lipinski definition) is 1. The minimum absolute atomic E-state index is 0.0702. The van der Waals surface area contributed by atoms with Crippen LogP contribution < -0.4 is 5.32 Å². The van der Waals surface area contributed by atoms with Gasteiger partial charge in [-0.25, -0.2) is 19.2 Å². The number of non-ortho nitro benzene ring substituents is 1. The molecule has 188 valence electrons. The summed E-state index contributed by atoms with van der Waals surface area (Å²) >= 11 is 1.13. The van der Waals surface area contributed by atoms with E-state index < -0.39 is 29.2 Å². The fourth-order valence-electron chi connectivity index (χ4n) is 3.72. The van der Waals surface area contributed by atoms with E-state index in [4.69, 9.17) is 4.74 Å². The predicted octanol–water partition coefficient (Wildman–Crippen LogP) is 5.87. The number of nitrogens with one attached hydrogen (secondary N) is 1. The molecule has 0 saturated carbocycles. The van der Waals surface area contributed by atoms with Gasteiger partial charge >= 0.3 is 5.97 Å². The van der Waals surface area contributed by atoms with E-state index in [1.807, 2.05) is 0 Å². The number of ether oxygens (including phenoxy) is 1. The number of anilines is 1. The lowest BCUT2D eigenvalue weighted by molar-refractivity contribution is -0.384. The zero-order chi connectivity index (χ0) is 26.6. The Morgan fingerprint density at radius 2 is 1.74 bits per heavy atom. The molecule has 0 aliphatic rings. The van der Waals surface area contributed by atoms with E-state index in [1.54, 1.807) is 60.0 Å². The number of aromatic nitrogens is 2. The molecule has 2 aromatic heterocycles. The summed E-state index contributed by atoms with van der Waals surface area (Å²) in [7, 11) is 0. The van der Waals surface area contributed by atoms with Crippen molar-refractivity contribution in [3.8, 4) is 22.5 Å². The summed E-state index contributed by atoms with van der Waals surface area (Å²) in [6.07, 6.45) is 0. The van der Waals surface area contributed by atoms with Crippen LogP contribution in [0.5, 0.6) is 0 Å². The van der Waals surface area contributed by atoms with Crippen molar-refractivity contribution in [1.29, 1.82) is 0 Å². The van der Waals surface area contributed by atoms with Gasteiger partial charge < -0.3 is 4.74 Å². The standard InChI is InChI=1S/C27H17FN4O5S/c28-18-10-8-16(9-11-18)23-13-21(20-6-1-2-7-22(20)29-23)26(34)37-14-25(33)31-27-30-24(15-38-27)17-4-3-5-19(12-17)32(35)36/h1-13,15H,14H2,(H,30,31,33). The SMILES string of the molecule is O=C(COC(=O)c1cc(-c2ccc(F)cc2)nc2ccccc12)Nc1nc(-c2cccc([N+](=O)[O-])c2)cs1. The third-order valence-electron chi connectivity index (χ3n) is 5.51. The van der Waals surface area contributed by atoms with Gasteiger partial charge in [-0.15, -0.1) is 11.3 Å². The third-order valence-corrected chi connectivity index (χ3v) is 6.27. The molecule has 11 heteroatoms. The van der Waals surface area contributed by atoms with Crippen molar-refractivity contribution in [2.45, 2.75) is 0 Å². The maximum atomic E-state index is 13.4. The monoisotopic (exact) mass is 528 g/mol. The molecule has 1 N–H and O–H groups in total. The number of nitro benzene ring substituents is 1. The molecule has 0 bridgehead atoms. The van der Waals surface area contributed by atoms with Crippen LogP contribution in [0.1, 0.15) is 10.4 Å². The molecule has 9 nitrogen and oxygen atoms in total. The molecule has 0 spiro atoms. The average Bonchev–Trinajstić information content (AvgIpc) is 3.40. The molecule has 0 unspecified atom stereocenters. The van der Waals surface area contributed by atoms with Gasteiger partial charge in [0.2, 0.25) is 0 Å². The first-order valence-corrected chi connectivity index (χ1v) is 12.1. The second-order valence-corrected chi connectivity index (χ2v) is 8.91. The number of carbonyl (C=O) groups excluding carboxylic acids is 2. The number of para-hydroxylation sites is 1. The molecule has 3 aromatic carbocycles. The van der Waals surface area contributed by atoms with Gasteiger partial charge in [0.25, 0.3) is 11.6 Å². The van der Waals surface area contributed by atoms with Crippen molar-refractivity contribution >= 4 is 44.9 Å². The average molecular weight is 529 g/mol. The molecule has 5 aromatic rings. The van der Waals surface area contributed by atoms with Crippen LogP contribution in [0.3, 0.4) is 0 Å². The number of benzene rings is 3. The first-order chi connectivity index (χ1) is 18.4. The van der Waals surface area contributed by atoms with Gasteiger partial charge in [0.05, 0.1) is 27.4 Å². The summed E-state index contributed by atoms with van der Waals surface area (Å²) in [5.74, 6) is -1.72. The van der Waals surface area contributed by atoms with Crippen LogP contribution in [0.25, 0.3) is 33.4 Å². The van der Waals surface area contributed by atoms with E-state index in [-0.39, 0.29) is 16.4 Å². The number of fused-ring (bicyclic) bond motifs is 1. The summed E-state index contributed by atoms with van der Waals surface area (Å²) < 4.78 is 18.6. The Labute approximate surface area is 218 Å². The quantitative estimate of drug-likeness (QED) is 0.159. The molecule has 1 amide bonds. The molecule has 5 rings (SSSR count). The molecule has 0 radical (unpaired) electrons. The van der Waals surface area contributed by atoms with E-state index in [1.165, 1.54) is 24.3 Å². The molecule has 38 heavy (non-hydrogen) atoms. The fourth-order valence-corrected chi connectivity index (χ4v) is 4.46. The smallest absolute Gasteiger partial charge is 0.339 e. The molecule has 0 fully saturated rings. The Morgan fingerprint density at radius 3 is 2.53 bits per heavy atom. The lowest BCUT2D eigenvalue weighted by Crippen LogP contribution is -2.21. The normalized spacial score (nSPS) is 10.8. The summed E-state index contributed by atoms with van der Waals surface area (Å²) in [6, 6.07) is 20.3. The number of thiazole rings is 1. The summed E-state index contributed by atoms with van der Waals surface area (Å²) in [4.78, 5) is 44.8. The topological polar surface area (TPSA) is 124 Å². The first kappa shape index (κ1) is 24.7. The maximum Gasteiger partial charge on any atom is 0.339 e. The number of rotatable bonds is 7. The molecular formula is C27H17FN4O5S. The van der Waals surface area contributed by atoms with Crippen LogP contribution in [-0.4, -0.2) is 33.4 Å². The lowest BCUT2D eigenvalue weighted by atomic mass is 10.0. The van der Waals surface area contributed by atoms with E-state index in [0.717, 1.165) is 11.3 Å². The highest BCUT2D eigenvalue weighted by Gasteiger charge is 2.18. The predicted molar refractivity (Wildman–Crippen MR) is 140 cm³/mol. The number of amides is 1. The minimum atomic E-state index is -0.724. The summed E-state index contributed by atoms with van der Waals surface area (Å²) in [5, 5.41) is 16.0. The van der Waals surface area contributed by atoms with Gasteiger partial charge in [0, 0.05) is 34.0 Å². The van der Waals surface area contributed by atoms with Gasteiger partial charge in [-0.2, -0.15) is 0 Å². The Balaban J connectivity index is 1.29. The van der Waals surface area contributed by atoms with Gasteiger partial charge in [0.15, 0.2) is 11.7 Å². The second-order valence-electron chi connectivity index (χ2n) is 8.05. The number of nitrogens with zero attached hydrogens (tertiary/aromatic N) is 3. The highest BCUT2D eigenvalue weighted by molar-refractivity contribution is 7.14. The largest absolute Gasteiger partial charge is 0.452 e. The van der Waals surface area contributed by atoms with Crippen molar-refractivity contribution in [3.63, 3.8) is 0 Å². The van der Waals surface area contributed by atoms with Crippen molar-refractivity contribution < 1.29 is 23.6 Å². The number of halogens is 1. The Morgan fingerprint density at radius 1 is 0.947 bits per heavy atom. The molecule has 2 heterocycles. The molecule has 0 aliphatic heterocycles. The Kier molecular flexibility index (Phi) is 6.83. The van der Waals surface area contributed by atoms with E-state index in [9.17, 15) is 24.1 Å². The van der Waals surface area contributed by atoms with Gasteiger partial charge in [-0.05, 0) is 36.4 Å². The minimum Gasteiger partial charge on any atom is -0.452 e. The Hall–Kier alpha value is -5.03. The lowest BCUT2D eigenvalue weighted by Gasteiger charge is -2.10. The zero-order valence-electron chi connectivity index (χ0n) is 19.5.